The van der Waals surface area contributed by atoms with Crippen LogP contribution in [-0.4, -0.2) is 64.4 Å². The Morgan fingerprint density at radius 1 is 1.23 bits per heavy atom. The summed E-state index contributed by atoms with van der Waals surface area (Å²) in [7, 11) is 4.51. The van der Waals surface area contributed by atoms with E-state index in [1.807, 2.05) is 34.9 Å². The van der Waals surface area contributed by atoms with Crippen LogP contribution in [0.4, 0.5) is 5.00 Å². The SMILES string of the molecule is C=CCn1c(Cc2ccccc2)nnc1SCC(=O)Nc1sc(C(=O)N(C)C)c(C)c1C(=O)OC. The Balaban J connectivity index is 1.76. The lowest BCUT2D eigenvalue weighted by molar-refractivity contribution is -0.113. The molecule has 2 aromatic heterocycles. The molecule has 0 spiro atoms. The van der Waals surface area contributed by atoms with Crippen molar-refractivity contribution >= 4 is 45.9 Å². The number of anilines is 1. The molecule has 2 heterocycles. The molecule has 3 rings (SSSR count). The Kier molecular flexibility index (Phi) is 8.83. The molecule has 0 saturated carbocycles. The largest absolute Gasteiger partial charge is 0.465 e. The van der Waals surface area contributed by atoms with Crippen molar-refractivity contribution in [2.75, 3.05) is 32.3 Å². The van der Waals surface area contributed by atoms with Crippen LogP contribution < -0.4 is 5.32 Å². The highest BCUT2D eigenvalue weighted by Crippen LogP contribution is 2.34. The number of carbonyl (C=O) groups excluding carboxylic acids is 3. The van der Waals surface area contributed by atoms with Crippen LogP contribution in [0.5, 0.6) is 0 Å². The lowest BCUT2D eigenvalue weighted by atomic mass is 10.1. The second kappa shape index (κ2) is 11.8. The van der Waals surface area contributed by atoms with E-state index in [9.17, 15) is 14.4 Å². The molecule has 11 heteroatoms. The maximum absolute atomic E-state index is 12.8. The van der Waals surface area contributed by atoms with Crippen LogP contribution in [0.2, 0.25) is 0 Å². The zero-order valence-corrected chi connectivity index (χ0v) is 21.7. The smallest absolute Gasteiger partial charge is 0.341 e. The van der Waals surface area contributed by atoms with Crippen LogP contribution >= 0.6 is 23.1 Å². The van der Waals surface area contributed by atoms with Gasteiger partial charge >= 0.3 is 5.97 Å². The van der Waals surface area contributed by atoms with Gasteiger partial charge in [0.15, 0.2) is 5.16 Å². The first-order valence-corrected chi connectivity index (χ1v) is 12.5. The molecule has 0 aliphatic heterocycles. The number of benzene rings is 1. The quantitative estimate of drug-likeness (QED) is 0.251. The van der Waals surface area contributed by atoms with Gasteiger partial charge in [0.05, 0.1) is 23.3 Å². The summed E-state index contributed by atoms with van der Waals surface area (Å²) in [5.74, 6) is -0.405. The molecule has 35 heavy (non-hydrogen) atoms. The third-order valence-corrected chi connectivity index (χ3v) is 7.19. The van der Waals surface area contributed by atoms with E-state index < -0.39 is 5.97 Å². The third kappa shape index (κ3) is 6.17. The number of rotatable bonds is 10. The normalized spacial score (nSPS) is 10.6. The standard InChI is InChI=1S/C24H27N5O4S2/c1-6-12-29-17(13-16-10-8-7-9-11-16)26-27-24(29)34-14-18(30)25-21-19(23(32)33-5)15(2)20(35-21)22(31)28(3)4/h6-11H,1,12-14H2,2-5H3,(H,25,30). The van der Waals surface area contributed by atoms with E-state index in [2.05, 4.69) is 22.1 Å². The predicted octanol–water partition coefficient (Wildman–Crippen LogP) is 3.64. The summed E-state index contributed by atoms with van der Waals surface area (Å²) in [4.78, 5) is 39.5. The van der Waals surface area contributed by atoms with E-state index in [4.69, 9.17) is 4.74 Å². The number of esters is 1. The molecule has 0 unspecified atom stereocenters. The van der Waals surface area contributed by atoms with E-state index in [0.29, 0.717) is 28.6 Å². The molecule has 9 nitrogen and oxygen atoms in total. The minimum atomic E-state index is -0.615. The van der Waals surface area contributed by atoms with Crippen molar-refractivity contribution in [2.24, 2.45) is 0 Å². The average molecular weight is 514 g/mol. The number of ether oxygens (including phenoxy) is 1. The van der Waals surface area contributed by atoms with Crippen LogP contribution in [-0.2, 0) is 22.5 Å². The van der Waals surface area contributed by atoms with Crippen LogP contribution in [0.3, 0.4) is 0 Å². The predicted molar refractivity (Wildman–Crippen MR) is 137 cm³/mol. The molecule has 0 saturated heterocycles. The van der Waals surface area contributed by atoms with Gasteiger partial charge in [-0.3, -0.25) is 9.59 Å². The van der Waals surface area contributed by atoms with Crippen molar-refractivity contribution < 1.29 is 19.1 Å². The maximum Gasteiger partial charge on any atom is 0.341 e. The molecule has 1 N–H and O–H groups in total. The highest BCUT2D eigenvalue weighted by Gasteiger charge is 2.27. The lowest BCUT2D eigenvalue weighted by Gasteiger charge is -2.08. The van der Waals surface area contributed by atoms with Crippen LogP contribution in [0.25, 0.3) is 0 Å². The molecule has 0 fully saturated rings. The van der Waals surface area contributed by atoms with Gasteiger partial charge in [0.2, 0.25) is 5.91 Å². The van der Waals surface area contributed by atoms with E-state index >= 15 is 0 Å². The number of thiophene rings is 1. The van der Waals surface area contributed by atoms with Gasteiger partial charge in [-0.1, -0.05) is 48.2 Å². The highest BCUT2D eigenvalue weighted by atomic mass is 32.2. The number of methoxy groups -OCH3 is 1. The zero-order valence-electron chi connectivity index (χ0n) is 20.0. The lowest BCUT2D eigenvalue weighted by Crippen LogP contribution is -2.21. The van der Waals surface area contributed by atoms with Gasteiger partial charge in [0, 0.05) is 27.1 Å². The van der Waals surface area contributed by atoms with E-state index in [1.54, 1.807) is 27.1 Å². The highest BCUT2D eigenvalue weighted by molar-refractivity contribution is 7.99. The summed E-state index contributed by atoms with van der Waals surface area (Å²) >= 11 is 2.28. The molecule has 0 atom stereocenters. The topological polar surface area (TPSA) is 106 Å². The van der Waals surface area contributed by atoms with Crippen LogP contribution in [0, 0.1) is 6.92 Å². The van der Waals surface area contributed by atoms with Gasteiger partial charge in [-0.15, -0.1) is 28.1 Å². The number of amides is 2. The molecule has 0 radical (unpaired) electrons. The number of hydrogen-bond donors (Lipinski definition) is 1. The monoisotopic (exact) mass is 513 g/mol. The van der Waals surface area contributed by atoms with Crippen molar-refractivity contribution in [2.45, 2.75) is 25.0 Å². The number of aromatic nitrogens is 3. The molecule has 184 valence electrons. The zero-order chi connectivity index (χ0) is 25.5. The fraction of sp³-hybridized carbons (Fsp3) is 0.292. The van der Waals surface area contributed by atoms with E-state index in [0.717, 1.165) is 22.7 Å². The van der Waals surface area contributed by atoms with Crippen LogP contribution in [0.1, 0.15) is 37.0 Å². The molecule has 3 aromatic rings. The van der Waals surface area contributed by atoms with Crippen molar-refractivity contribution in [3.05, 3.63) is 70.4 Å². The minimum Gasteiger partial charge on any atom is -0.465 e. The van der Waals surface area contributed by atoms with Gasteiger partial charge in [-0.25, -0.2) is 4.79 Å². The van der Waals surface area contributed by atoms with Crippen LogP contribution in [0.15, 0.2) is 48.1 Å². The molecule has 0 aliphatic rings. The maximum atomic E-state index is 12.8. The number of hydrogen-bond acceptors (Lipinski definition) is 8. The first-order chi connectivity index (χ1) is 16.8. The number of allylic oxidation sites excluding steroid dienone is 1. The van der Waals surface area contributed by atoms with Crippen molar-refractivity contribution in [3.63, 3.8) is 0 Å². The van der Waals surface area contributed by atoms with Gasteiger partial charge in [0.1, 0.15) is 10.8 Å². The minimum absolute atomic E-state index is 0.0368. The summed E-state index contributed by atoms with van der Waals surface area (Å²) in [6, 6.07) is 9.93. The molecule has 0 bridgehead atoms. The van der Waals surface area contributed by atoms with Gasteiger partial charge in [0.25, 0.3) is 5.91 Å². The number of thioether (sulfide) groups is 1. The fourth-order valence-electron chi connectivity index (χ4n) is 3.30. The van der Waals surface area contributed by atoms with Gasteiger partial charge in [-0.2, -0.15) is 0 Å². The summed E-state index contributed by atoms with van der Waals surface area (Å²) in [5, 5.41) is 12.2. The van der Waals surface area contributed by atoms with E-state index in [1.165, 1.54) is 23.8 Å². The van der Waals surface area contributed by atoms with Gasteiger partial charge < -0.3 is 19.5 Å². The second-order valence-electron chi connectivity index (χ2n) is 7.75. The Labute approximate surface area is 212 Å². The number of carbonyl (C=O) groups is 3. The van der Waals surface area contributed by atoms with E-state index in [-0.39, 0.29) is 28.1 Å². The third-order valence-electron chi connectivity index (χ3n) is 5.03. The first-order valence-electron chi connectivity index (χ1n) is 10.7. The second-order valence-corrected chi connectivity index (χ2v) is 9.71. The first kappa shape index (κ1) is 26.2. The molecular formula is C24H27N5O4S2. The summed E-state index contributed by atoms with van der Waals surface area (Å²) in [6.07, 6.45) is 2.36. The van der Waals surface area contributed by atoms with Gasteiger partial charge in [-0.05, 0) is 18.1 Å². The summed E-state index contributed by atoms with van der Waals surface area (Å²) < 4.78 is 6.79. The molecule has 2 amide bonds. The Bertz CT molecular complexity index is 1230. The molecule has 0 aliphatic carbocycles. The molecule has 1 aromatic carbocycles. The average Bonchev–Trinajstić information content (AvgIpc) is 3.37. The summed E-state index contributed by atoms with van der Waals surface area (Å²) in [5.41, 5.74) is 1.76. The Morgan fingerprint density at radius 2 is 1.94 bits per heavy atom. The van der Waals surface area contributed by atoms with Crippen molar-refractivity contribution in [1.82, 2.24) is 19.7 Å². The number of nitrogens with one attached hydrogen (secondary N) is 1. The Morgan fingerprint density at radius 3 is 2.57 bits per heavy atom. The number of nitrogens with zero attached hydrogens (tertiary/aromatic N) is 4. The summed E-state index contributed by atoms with van der Waals surface area (Å²) in [6.45, 7) is 5.98. The fourth-order valence-corrected chi connectivity index (χ4v) is 5.30. The molecular weight excluding hydrogens is 486 g/mol. The van der Waals surface area contributed by atoms with Crippen molar-refractivity contribution in [1.29, 1.82) is 0 Å². The Hall–Kier alpha value is -3.44. The van der Waals surface area contributed by atoms with Crippen molar-refractivity contribution in [3.8, 4) is 0 Å².